The van der Waals surface area contributed by atoms with Crippen LogP contribution in [-0.4, -0.2) is 11.0 Å². The van der Waals surface area contributed by atoms with E-state index < -0.39 is 0 Å². The molecule has 0 amide bonds. The van der Waals surface area contributed by atoms with Gasteiger partial charge in [0, 0.05) is 23.2 Å². The summed E-state index contributed by atoms with van der Waals surface area (Å²) < 4.78 is 0. The summed E-state index contributed by atoms with van der Waals surface area (Å²) in [6.07, 6.45) is 2.57. The van der Waals surface area contributed by atoms with Crippen LogP contribution in [0.3, 0.4) is 0 Å². The van der Waals surface area contributed by atoms with E-state index in [9.17, 15) is 0 Å². The number of hydrogen-bond acceptors (Lipinski definition) is 4. The molecule has 1 aliphatic rings. The number of aryl methyl sites for hydroxylation is 2. The van der Waals surface area contributed by atoms with Crippen LogP contribution in [0.5, 0.6) is 0 Å². The molecule has 19 heavy (non-hydrogen) atoms. The lowest BCUT2D eigenvalue weighted by Gasteiger charge is -2.21. The van der Waals surface area contributed by atoms with Crippen LogP contribution in [0.2, 0.25) is 0 Å². The van der Waals surface area contributed by atoms with Gasteiger partial charge in [-0.3, -0.25) is 0 Å². The number of thiazole rings is 1. The predicted octanol–water partition coefficient (Wildman–Crippen LogP) is 3.51. The Hall–Kier alpha value is -1.55. The van der Waals surface area contributed by atoms with Gasteiger partial charge in [-0.15, -0.1) is 11.3 Å². The summed E-state index contributed by atoms with van der Waals surface area (Å²) in [6, 6.07) is 8.83. The lowest BCUT2D eigenvalue weighted by molar-refractivity contribution is 0.788. The topological polar surface area (TPSA) is 42.2 Å². The Morgan fingerprint density at radius 1 is 1.26 bits per heavy atom. The molecular weight excluding hydrogens is 254 g/mol. The van der Waals surface area contributed by atoms with E-state index in [1.165, 1.54) is 23.3 Å². The van der Waals surface area contributed by atoms with Crippen molar-refractivity contribution < 1.29 is 0 Å². The minimum Gasteiger partial charge on any atom is -0.399 e. The number of aromatic nitrogens is 1. The molecule has 0 unspecified atom stereocenters. The lowest BCUT2D eigenvalue weighted by Crippen LogP contribution is -2.24. The molecule has 4 heteroatoms. The highest BCUT2D eigenvalue weighted by Crippen LogP contribution is 2.36. The van der Waals surface area contributed by atoms with E-state index >= 15 is 0 Å². The zero-order valence-electron chi connectivity index (χ0n) is 11.4. The summed E-state index contributed by atoms with van der Waals surface area (Å²) in [5.41, 5.74) is 9.02. The van der Waals surface area contributed by atoms with Crippen molar-refractivity contribution in [3.8, 4) is 0 Å². The van der Waals surface area contributed by atoms with Crippen LogP contribution in [-0.2, 0) is 6.54 Å². The number of nitrogens with zero attached hydrogens (tertiary/aromatic N) is 2. The fourth-order valence-corrected chi connectivity index (χ4v) is 3.12. The first-order valence-corrected chi connectivity index (χ1v) is 7.50. The van der Waals surface area contributed by atoms with Gasteiger partial charge in [-0.25, -0.2) is 4.98 Å². The molecule has 3 rings (SSSR count). The second-order valence-corrected chi connectivity index (χ2v) is 6.42. The molecule has 1 saturated carbocycles. The van der Waals surface area contributed by atoms with Crippen molar-refractivity contribution in [2.24, 2.45) is 0 Å². The largest absolute Gasteiger partial charge is 0.399 e. The summed E-state index contributed by atoms with van der Waals surface area (Å²) in [6.45, 7) is 5.16. The molecule has 0 spiro atoms. The molecule has 0 bridgehead atoms. The molecule has 2 aromatic rings. The molecule has 2 N–H and O–H groups in total. The van der Waals surface area contributed by atoms with E-state index in [0.29, 0.717) is 6.04 Å². The fraction of sp³-hybridized carbons (Fsp3) is 0.400. The highest BCUT2D eigenvalue weighted by atomic mass is 32.1. The van der Waals surface area contributed by atoms with E-state index in [4.69, 9.17) is 10.7 Å². The van der Waals surface area contributed by atoms with Crippen molar-refractivity contribution in [2.75, 3.05) is 10.6 Å². The van der Waals surface area contributed by atoms with Gasteiger partial charge in [0.15, 0.2) is 5.13 Å². The van der Waals surface area contributed by atoms with Crippen LogP contribution in [0.1, 0.15) is 29.0 Å². The molecule has 1 fully saturated rings. The van der Waals surface area contributed by atoms with Crippen LogP contribution < -0.4 is 10.6 Å². The molecular formula is C15H19N3S. The average molecular weight is 273 g/mol. The number of nitrogens with two attached hydrogens (primary N) is 1. The summed E-state index contributed by atoms with van der Waals surface area (Å²) in [5.74, 6) is 0. The van der Waals surface area contributed by atoms with Crippen molar-refractivity contribution in [1.82, 2.24) is 4.98 Å². The molecule has 100 valence electrons. The van der Waals surface area contributed by atoms with Gasteiger partial charge in [0.05, 0.1) is 5.69 Å². The highest BCUT2D eigenvalue weighted by Gasteiger charge is 2.31. The molecule has 1 aromatic carbocycles. The zero-order chi connectivity index (χ0) is 13.4. The molecule has 0 saturated heterocycles. The number of anilines is 2. The van der Waals surface area contributed by atoms with Crippen molar-refractivity contribution in [1.29, 1.82) is 0 Å². The van der Waals surface area contributed by atoms with Gasteiger partial charge in [0.2, 0.25) is 0 Å². The molecule has 0 atom stereocenters. The number of benzene rings is 1. The standard InChI is InChI=1S/C15H19N3S/c1-10-11(2)19-15(17-10)18(14-7-8-14)9-12-3-5-13(16)6-4-12/h3-6,14H,7-9,16H2,1-2H3. The fourth-order valence-electron chi connectivity index (χ4n) is 2.14. The van der Waals surface area contributed by atoms with Crippen LogP contribution in [0, 0.1) is 13.8 Å². The van der Waals surface area contributed by atoms with Crippen LogP contribution in [0.25, 0.3) is 0 Å². The second kappa shape index (κ2) is 4.85. The first kappa shape index (κ1) is 12.5. The highest BCUT2D eigenvalue weighted by molar-refractivity contribution is 7.15. The quantitative estimate of drug-likeness (QED) is 0.867. The van der Waals surface area contributed by atoms with Crippen molar-refractivity contribution in [2.45, 2.75) is 39.3 Å². The molecule has 0 aliphatic heterocycles. The van der Waals surface area contributed by atoms with Crippen LogP contribution >= 0.6 is 11.3 Å². The smallest absolute Gasteiger partial charge is 0.186 e. The third kappa shape index (κ3) is 2.73. The zero-order valence-corrected chi connectivity index (χ0v) is 12.2. The molecule has 1 aliphatic carbocycles. The van der Waals surface area contributed by atoms with Crippen molar-refractivity contribution in [3.05, 3.63) is 40.4 Å². The van der Waals surface area contributed by atoms with Gasteiger partial charge >= 0.3 is 0 Å². The Bertz CT molecular complexity index is 550. The Kier molecular flexibility index (Phi) is 3.19. The van der Waals surface area contributed by atoms with Gasteiger partial charge in [-0.1, -0.05) is 12.1 Å². The Morgan fingerprint density at radius 3 is 2.47 bits per heavy atom. The van der Waals surface area contributed by atoms with E-state index in [2.05, 4.69) is 30.9 Å². The van der Waals surface area contributed by atoms with E-state index in [1.807, 2.05) is 12.1 Å². The van der Waals surface area contributed by atoms with E-state index in [0.717, 1.165) is 23.1 Å². The van der Waals surface area contributed by atoms with Crippen molar-refractivity contribution >= 4 is 22.2 Å². The maximum atomic E-state index is 5.74. The number of hydrogen-bond donors (Lipinski definition) is 1. The van der Waals surface area contributed by atoms with Crippen LogP contribution in [0.15, 0.2) is 24.3 Å². The van der Waals surface area contributed by atoms with Gasteiger partial charge in [-0.2, -0.15) is 0 Å². The van der Waals surface area contributed by atoms with Crippen molar-refractivity contribution in [3.63, 3.8) is 0 Å². The Balaban J connectivity index is 1.83. The molecule has 0 radical (unpaired) electrons. The SMILES string of the molecule is Cc1nc(N(Cc2ccc(N)cc2)C2CC2)sc1C. The lowest BCUT2D eigenvalue weighted by atomic mass is 10.2. The molecule has 1 aromatic heterocycles. The average Bonchev–Trinajstić information content (AvgIpc) is 3.16. The van der Waals surface area contributed by atoms with Crippen LogP contribution in [0.4, 0.5) is 10.8 Å². The third-order valence-electron chi connectivity index (χ3n) is 3.58. The van der Waals surface area contributed by atoms with Gasteiger partial charge in [0.25, 0.3) is 0 Å². The minimum atomic E-state index is 0.669. The minimum absolute atomic E-state index is 0.669. The van der Waals surface area contributed by atoms with Gasteiger partial charge in [-0.05, 0) is 44.4 Å². The summed E-state index contributed by atoms with van der Waals surface area (Å²) in [4.78, 5) is 8.46. The summed E-state index contributed by atoms with van der Waals surface area (Å²) in [7, 11) is 0. The maximum Gasteiger partial charge on any atom is 0.186 e. The summed E-state index contributed by atoms with van der Waals surface area (Å²) >= 11 is 1.80. The van der Waals surface area contributed by atoms with E-state index in [-0.39, 0.29) is 0 Å². The Labute approximate surface area is 118 Å². The molecule has 1 heterocycles. The number of nitrogen functional groups attached to an aromatic ring is 1. The first-order chi connectivity index (χ1) is 9.13. The van der Waals surface area contributed by atoms with Gasteiger partial charge < -0.3 is 10.6 Å². The van der Waals surface area contributed by atoms with Gasteiger partial charge in [0.1, 0.15) is 0 Å². The monoisotopic (exact) mass is 273 g/mol. The normalized spacial score (nSPS) is 14.6. The summed E-state index contributed by atoms with van der Waals surface area (Å²) in [5, 5.41) is 1.16. The first-order valence-electron chi connectivity index (χ1n) is 6.68. The Morgan fingerprint density at radius 2 is 1.95 bits per heavy atom. The maximum absolute atomic E-state index is 5.74. The van der Waals surface area contributed by atoms with E-state index in [1.54, 1.807) is 11.3 Å². The predicted molar refractivity (Wildman–Crippen MR) is 81.6 cm³/mol. The second-order valence-electron chi connectivity index (χ2n) is 5.24. The third-order valence-corrected chi connectivity index (χ3v) is 4.69. The molecule has 3 nitrogen and oxygen atoms in total. The number of rotatable bonds is 4.